The number of nitriles is 2. The van der Waals surface area contributed by atoms with Crippen molar-refractivity contribution in [1.29, 1.82) is 10.5 Å². The zero-order valence-corrected chi connectivity index (χ0v) is 11.2. The Hall–Kier alpha value is -1.35. The Morgan fingerprint density at radius 1 is 0.941 bits per heavy atom. The van der Waals surface area contributed by atoms with Gasteiger partial charge in [-0.05, 0) is 26.2 Å². The van der Waals surface area contributed by atoms with Gasteiger partial charge in [-0.25, -0.2) is 0 Å². The lowest BCUT2D eigenvalue weighted by Gasteiger charge is -1.93. The summed E-state index contributed by atoms with van der Waals surface area (Å²) < 4.78 is 0. The van der Waals surface area contributed by atoms with Crippen molar-refractivity contribution in [2.24, 2.45) is 0 Å². The van der Waals surface area contributed by atoms with Crippen molar-refractivity contribution in [2.75, 3.05) is 0 Å². The number of hydrogen-bond donors (Lipinski definition) is 0. The van der Waals surface area contributed by atoms with E-state index in [1.807, 2.05) is 12.1 Å². The van der Waals surface area contributed by atoms with Crippen LogP contribution in [0.5, 0.6) is 0 Å². The number of hydrogen-bond acceptors (Lipinski definition) is 3. The lowest BCUT2D eigenvalue weighted by atomic mass is 10.1. The third-order valence-electron chi connectivity index (χ3n) is 2.21. The van der Waals surface area contributed by atoms with Crippen molar-refractivity contribution in [3.8, 4) is 12.1 Å². The summed E-state index contributed by atoms with van der Waals surface area (Å²) in [5.41, 5.74) is 0. The summed E-state index contributed by atoms with van der Waals surface area (Å²) in [5, 5.41) is 16.1. The largest absolute Gasteiger partial charge is 0.300 e. The summed E-state index contributed by atoms with van der Waals surface area (Å²) in [5.74, 6) is 0.325. The molecule has 0 aromatic rings. The van der Waals surface area contributed by atoms with Gasteiger partial charge in [0.05, 0.1) is 12.1 Å². The number of Topliss-reactive ketones (excluding diaryl/α,β-unsaturated/α-hetero) is 1. The van der Waals surface area contributed by atoms with Gasteiger partial charge in [-0.3, -0.25) is 0 Å². The first-order valence-corrected chi connectivity index (χ1v) is 6.42. The van der Waals surface area contributed by atoms with Crippen molar-refractivity contribution in [3.63, 3.8) is 0 Å². The fourth-order valence-corrected chi connectivity index (χ4v) is 1.21. The molecule has 96 valence electrons. The van der Waals surface area contributed by atoms with Crippen LogP contribution in [0.3, 0.4) is 0 Å². The molecular weight excluding hydrogens is 212 g/mol. The normalized spacial score (nSPS) is 8.47. The molecule has 3 heteroatoms. The topological polar surface area (TPSA) is 64.7 Å². The molecule has 0 saturated carbocycles. The Morgan fingerprint density at radius 2 is 1.47 bits per heavy atom. The Morgan fingerprint density at radius 3 is 1.82 bits per heavy atom. The van der Waals surface area contributed by atoms with E-state index in [4.69, 9.17) is 10.5 Å². The monoisotopic (exact) mass is 236 g/mol. The average molecular weight is 236 g/mol. The molecule has 0 aliphatic carbocycles. The molecule has 0 aliphatic rings. The number of ketones is 1. The molecule has 17 heavy (non-hydrogen) atoms. The highest BCUT2D eigenvalue weighted by molar-refractivity contribution is 5.75. The Kier molecular flexibility index (Phi) is 18.1. The average Bonchev–Trinajstić information content (AvgIpc) is 2.31. The molecule has 0 spiro atoms. The van der Waals surface area contributed by atoms with Gasteiger partial charge in [0.15, 0.2) is 0 Å². The lowest BCUT2D eigenvalue weighted by molar-refractivity contribution is -0.117. The zero-order valence-electron chi connectivity index (χ0n) is 11.2. The quantitative estimate of drug-likeness (QED) is 0.595. The van der Waals surface area contributed by atoms with E-state index in [0.717, 1.165) is 25.7 Å². The van der Waals surface area contributed by atoms with Gasteiger partial charge in [0.1, 0.15) is 5.78 Å². The molecule has 3 nitrogen and oxygen atoms in total. The summed E-state index contributed by atoms with van der Waals surface area (Å²) in [6.45, 7) is 3.83. The molecule has 0 rings (SSSR count). The third-order valence-corrected chi connectivity index (χ3v) is 2.21. The van der Waals surface area contributed by atoms with Gasteiger partial charge in [0.2, 0.25) is 0 Å². The highest BCUT2D eigenvalue weighted by atomic mass is 16.1. The number of carbonyl (C=O) groups excluding carboxylic acids is 1. The molecule has 0 N–H and O–H groups in total. The summed E-state index contributed by atoms with van der Waals surface area (Å²) in [7, 11) is 0. The number of rotatable bonds is 8. The van der Waals surface area contributed by atoms with Crippen molar-refractivity contribution in [2.45, 2.75) is 71.6 Å². The maximum absolute atomic E-state index is 10.4. The standard InChI is InChI=1S/C8H16O.C6H8N2/c1-3-4-5-6-7-8(2)9;7-5-3-1-2-4-6-8/h3-7H2,1-2H3;1-4H2. The summed E-state index contributed by atoms with van der Waals surface area (Å²) >= 11 is 0. The molecule has 0 amide bonds. The molecule has 0 radical (unpaired) electrons. The van der Waals surface area contributed by atoms with E-state index in [1.165, 1.54) is 19.3 Å². The third kappa shape index (κ3) is 25.2. The Bertz CT molecular complexity index is 232. The minimum Gasteiger partial charge on any atom is -0.300 e. The van der Waals surface area contributed by atoms with Gasteiger partial charge in [0, 0.05) is 19.3 Å². The van der Waals surface area contributed by atoms with Crippen LogP contribution in [0.15, 0.2) is 0 Å². The molecule has 0 aliphatic heterocycles. The SMILES string of the molecule is CCCCCCC(C)=O.N#CCCCCC#N. The number of unbranched alkanes of at least 4 members (excludes halogenated alkanes) is 6. The fourth-order valence-electron chi connectivity index (χ4n) is 1.21. The molecule has 0 saturated heterocycles. The fraction of sp³-hybridized carbons (Fsp3) is 0.786. The first kappa shape index (κ1) is 18.0. The summed E-state index contributed by atoms with van der Waals surface area (Å²) in [6, 6.07) is 4.03. The van der Waals surface area contributed by atoms with Gasteiger partial charge in [-0.1, -0.05) is 26.2 Å². The van der Waals surface area contributed by atoms with E-state index in [0.29, 0.717) is 18.6 Å². The maximum atomic E-state index is 10.4. The molecule has 0 bridgehead atoms. The van der Waals surface area contributed by atoms with E-state index >= 15 is 0 Å². The molecule has 0 aromatic heterocycles. The summed E-state index contributed by atoms with van der Waals surface area (Å²) in [4.78, 5) is 10.4. The first-order valence-electron chi connectivity index (χ1n) is 6.42. The second-order valence-corrected chi connectivity index (χ2v) is 4.04. The van der Waals surface area contributed by atoms with E-state index in [1.54, 1.807) is 6.92 Å². The summed E-state index contributed by atoms with van der Waals surface area (Å²) in [6.07, 6.45) is 8.50. The molecular formula is C14H24N2O. The maximum Gasteiger partial charge on any atom is 0.129 e. The van der Waals surface area contributed by atoms with Crippen LogP contribution in [0.25, 0.3) is 0 Å². The lowest BCUT2D eigenvalue weighted by Crippen LogP contribution is -1.88. The number of nitrogens with zero attached hydrogens (tertiary/aromatic N) is 2. The van der Waals surface area contributed by atoms with Gasteiger partial charge >= 0.3 is 0 Å². The predicted molar refractivity (Wildman–Crippen MR) is 69.1 cm³/mol. The van der Waals surface area contributed by atoms with E-state index in [-0.39, 0.29) is 0 Å². The van der Waals surface area contributed by atoms with Crippen LogP contribution < -0.4 is 0 Å². The van der Waals surface area contributed by atoms with Crippen LogP contribution >= 0.6 is 0 Å². The van der Waals surface area contributed by atoms with Gasteiger partial charge in [0.25, 0.3) is 0 Å². The van der Waals surface area contributed by atoms with Crippen LogP contribution in [-0.4, -0.2) is 5.78 Å². The smallest absolute Gasteiger partial charge is 0.129 e. The van der Waals surface area contributed by atoms with Crippen molar-refractivity contribution in [1.82, 2.24) is 0 Å². The molecule has 0 aromatic carbocycles. The van der Waals surface area contributed by atoms with Gasteiger partial charge < -0.3 is 4.79 Å². The second kappa shape index (κ2) is 17.1. The van der Waals surface area contributed by atoms with E-state index in [9.17, 15) is 4.79 Å². The van der Waals surface area contributed by atoms with Crippen molar-refractivity contribution in [3.05, 3.63) is 0 Å². The Labute approximate surface area is 105 Å². The van der Waals surface area contributed by atoms with Crippen LogP contribution in [0, 0.1) is 22.7 Å². The van der Waals surface area contributed by atoms with Gasteiger partial charge in [-0.15, -0.1) is 0 Å². The van der Waals surface area contributed by atoms with Crippen LogP contribution in [0.2, 0.25) is 0 Å². The minimum atomic E-state index is 0.325. The second-order valence-electron chi connectivity index (χ2n) is 4.04. The highest BCUT2D eigenvalue weighted by Gasteiger charge is 1.91. The van der Waals surface area contributed by atoms with Crippen LogP contribution in [0.1, 0.15) is 71.6 Å². The van der Waals surface area contributed by atoms with E-state index in [2.05, 4.69) is 6.92 Å². The minimum absolute atomic E-state index is 0.325. The molecule has 0 heterocycles. The van der Waals surface area contributed by atoms with Crippen molar-refractivity contribution < 1.29 is 4.79 Å². The molecule has 0 fully saturated rings. The van der Waals surface area contributed by atoms with Crippen molar-refractivity contribution >= 4 is 5.78 Å². The number of carbonyl (C=O) groups is 1. The zero-order chi connectivity index (χ0) is 13.4. The van der Waals surface area contributed by atoms with Gasteiger partial charge in [-0.2, -0.15) is 10.5 Å². The van der Waals surface area contributed by atoms with Crippen LogP contribution in [-0.2, 0) is 4.79 Å². The molecule has 0 atom stereocenters. The highest BCUT2D eigenvalue weighted by Crippen LogP contribution is 2.01. The van der Waals surface area contributed by atoms with Crippen LogP contribution in [0.4, 0.5) is 0 Å². The Balaban J connectivity index is 0. The predicted octanol–water partition coefficient (Wildman–Crippen LogP) is 4.14. The first-order chi connectivity index (χ1) is 8.18. The molecule has 0 unspecified atom stereocenters. The van der Waals surface area contributed by atoms with E-state index < -0.39 is 0 Å².